The van der Waals surface area contributed by atoms with Gasteiger partial charge in [-0.2, -0.15) is 5.10 Å². The zero-order valence-corrected chi connectivity index (χ0v) is 21.3. The number of anilines is 1. The topological polar surface area (TPSA) is 120 Å². The third kappa shape index (κ3) is 4.42. The largest absolute Gasteiger partial charge is 0.383 e. The third-order valence-electron chi connectivity index (χ3n) is 7.16. The normalized spacial score (nSPS) is 19.2. The number of methoxy groups -OCH3 is 1. The smallest absolute Gasteiger partial charge is 0.255 e. The van der Waals surface area contributed by atoms with Crippen LogP contribution in [0.1, 0.15) is 65.6 Å². The van der Waals surface area contributed by atoms with E-state index >= 15 is 0 Å². The number of carbonyl (C=O) groups is 2. The highest BCUT2D eigenvalue weighted by Crippen LogP contribution is 2.40. The van der Waals surface area contributed by atoms with Crippen molar-refractivity contribution in [3.8, 4) is 11.8 Å². The highest BCUT2D eigenvalue weighted by molar-refractivity contribution is 6.00. The van der Waals surface area contributed by atoms with Crippen molar-refractivity contribution in [2.75, 3.05) is 32.6 Å². The number of nitrogens with one attached hydrogen (secondary N) is 1. The minimum atomic E-state index is -0.704. The number of ether oxygens (including phenoxy) is 1. The number of fused-ring (bicyclic) bond motifs is 1. The number of rotatable bonds is 6. The lowest BCUT2D eigenvalue weighted by Gasteiger charge is -2.21. The fourth-order valence-electron chi connectivity index (χ4n) is 5.22. The van der Waals surface area contributed by atoms with Gasteiger partial charge in [0.05, 0.1) is 35.3 Å². The Balaban J connectivity index is 1.53. The molecule has 2 aromatic heterocycles. The van der Waals surface area contributed by atoms with Gasteiger partial charge in [-0.15, -0.1) is 0 Å². The molecule has 3 heterocycles. The molecule has 0 bridgehead atoms. The summed E-state index contributed by atoms with van der Waals surface area (Å²) in [4.78, 5) is 31.0. The molecule has 1 aromatic carbocycles. The lowest BCUT2D eigenvalue weighted by molar-refractivity contribution is -0.130. The van der Waals surface area contributed by atoms with E-state index in [2.05, 4.69) is 27.2 Å². The van der Waals surface area contributed by atoms with Crippen molar-refractivity contribution < 1.29 is 18.7 Å². The molecule has 2 atom stereocenters. The first-order valence-corrected chi connectivity index (χ1v) is 12.3. The number of imidazole rings is 1. The maximum atomic E-state index is 15.0. The number of benzene rings is 1. The molecule has 11 heteroatoms. The molecule has 10 nitrogen and oxygen atoms in total. The molecule has 194 valence electrons. The molecule has 0 radical (unpaired) electrons. The van der Waals surface area contributed by atoms with Crippen LogP contribution in [0.5, 0.6) is 0 Å². The first-order chi connectivity index (χ1) is 17.7. The lowest BCUT2D eigenvalue weighted by atomic mass is 10.1. The second-order valence-electron chi connectivity index (χ2n) is 9.68. The summed E-state index contributed by atoms with van der Waals surface area (Å²) < 4.78 is 23.9. The standard InChI is InChI=1S/C26H30FN7O3/c1-14(35)33-12-17(10-18(33)13-37-4)34-26(29-2)23(24(28)36)20(31-34)8-7-16-9-21-22(11-19(16)27)32(3)25(30-21)15-5-6-15/h9,11,15,17-18,29H,5-6,10,12-13H2,1-4H3,(H2,28,36)/t17-,18+/m0/s1. The number of hydrogen-bond donors (Lipinski definition) is 2. The number of nitrogens with zero attached hydrogens (tertiary/aromatic N) is 5. The summed E-state index contributed by atoms with van der Waals surface area (Å²) >= 11 is 0. The molecule has 1 aliphatic heterocycles. The van der Waals surface area contributed by atoms with Crippen LogP contribution in [0.3, 0.4) is 0 Å². The summed E-state index contributed by atoms with van der Waals surface area (Å²) in [5, 5.41) is 7.59. The minimum Gasteiger partial charge on any atom is -0.383 e. The van der Waals surface area contributed by atoms with Gasteiger partial charge in [0.25, 0.3) is 5.91 Å². The molecule has 1 aliphatic carbocycles. The molecule has 0 unspecified atom stereocenters. The van der Waals surface area contributed by atoms with Gasteiger partial charge in [0, 0.05) is 46.7 Å². The van der Waals surface area contributed by atoms with Gasteiger partial charge in [-0.05, 0) is 31.2 Å². The number of halogens is 1. The molecule has 0 spiro atoms. The quantitative estimate of drug-likeness (QED) is 0.494. The van der Waals surface area contributed by atoms with Gasteiger partial charge in [-0.25, -0.2) is 14.1 Å². The highest BCUT2D eigenvalue weighted by Gasteiger charge is 2.37. The Morgan fingerprint density at radius 2 is 2.05 bits per heavy atom. The van der Waals surface area contributed by atoms with Crippen molar-refractivity contribution in [2.24, 2.45) is 12.8 Å². The van der Waals surface area contributed by atoms with Crippen molar-refractivity contribution >= 4 is 28.7 Å². The van der Waals surface area contributed by atoms with Crippen LogP contribution >= 0.6 is 0 Å². The predicted molar refractivity (Wildman–Crippen MR) is 136 cm³/mol. The molecule has 2 aliphatic rings. The van der Waals surface area contributed by atoms with E-state index in [1.165, 1.54) is 13.0 Å². The van der Waals surface area contributed by atoms with Crippen molar-refractivity contribution in [3.63, 3.8) is 0 Å². The number of carbonyl (C=O) groups excluding carboxylic acids is 2. The molecule has 1 saturated carbocycles. The molecule has 5 rings (SSSR count). The average molecular weight is 508 g/mol. The number of likely N-dealkylation sites (tertiary alicyclic amines) is 1. The summed E-state index contributed by atoms with van der Waals surface area (Å²) in [6.07, 6.45) is 2.77. The van der Waals surface area contributed by atoms with E-state index in [0.29, 0.717) is 42.3 Å². The highest BCUT2D eigenvalue weighted by atomic mass is 19.1. The van der Waals surface area contributed by atoms with E-state index < -0.39 is 11.7 Å². The molecule has 2 fully saturated rings. The van der Waals surface area contributed by atoms with Crippen molar-refractivity contribution in [1.82, 2.24) is 24.2 Å². The van der Waals surface area contributed by atoms with E-state index in [9.17, 15) is 14.0 Å². The molecule has 3 N–H and O–H groups in total. The SMILES string of the molecule is CNc1c(C(N)=O)c(C#Cc2cc3nc(C4CC4)n(C)c3cc2F)nn1[C@H]1C[C@H](COC)N(C(C)=O)C1. The van der Waals surface area contributed by atoms with Crippen molar-refractivity contribution in [2.45, 2.75) is 44.2 Å². The Hall–Kier alpha value is -3.91. The van der Waals surface area contributed by atoms with Gasteiger partial charge >= 0.3 is 0 Å². The van der Waals surface area contributed by atoms with E-state index in [4.69, 9.17) is 10.5 Å². The Labute approximate surface area is 213 Å². The second-order valence-corrected chi connectivity index (χ2v) is 9.68. The summed E-state index contributed by atoms with van der Waals surface area (Å²) in [5.41, 5.74) is 7.52. The van der Waals surface area contributed by atoms with Crippen molar-refractivity contribution in [3.05, 3.63) is 40.6 Å². The molecule has 3 aromatic rings. The number of hydrogen-bond acceptors (Lipinski definition) is 6. The maximum absolute atomic E-state index is 15.0. The third-order valence-corrected chi connectivity index (χ3v) is 7.16. The minimum absolute atomic E-state index is 0.0666. The Morgan fingerprint density at radius 3 is 2.68 bits per heavy atom. The molecular weight excluding hydrogens is 477 g/mol. The summed E-state index contributed by atoms with van der Waals surface area (Å²) in [6.45, 7) is 2.30. The molecule has 1 saturated heterocycles. The average Bonchev–Trinajstić information content (AvgIpc) is 3.37. The summed E-state index contributed by atoms with van der Waals surface area (Å²) in [6, 6.07) is 2.73. The second kappa shape index (κ2) is 9.52. The van der Waals surface area contributed by atoms with E-state index in [0.717, 1.165) is 18.7 Å². The Kier molecular flexibility index (Phi) is 6.37. The fourth-order valence-corrected chi connectivity index (χ4v) is 5.22. The van der Waals surface area contributed by atoms with E-state index in [1.807, 2.05) is 11.6 Å². The van der Waals surface area contributed by atoms with E-state index in [1.54, 1.807) is 29.8 Å². The van der Waals surface area contributed by atoms with Gasteiger partial charge in [-0.1, -0.05) is 5.92 Å². The molecule has 37 heavy (non-hydrogen) atoms. The van der Waals surface area contributed by atoms with Crippen LogP contribution in [0, 0.1) is 17.7 Å². The zero-order chi connectivity index (χ0) is 26.4. The van der Waals surface area contributed by atoms with Crippen LogP contribution in [0.15, 0.2) is 12.1 Å². The van der Waals surface area contributed by atoms with Crippen molar-refractivity contribution in [1.29, 1.82) is 0 Å². The number of primary amides is 1. The molecular formula is C26H30FN7O3. The molecule has 2 amide bonds. The summed E-state index contributed by atoms with van der Waals surface area (Å²) in [5.74, 6) is 6.22. The summed E-state index contributed by atoms with van der Waals surface area (Å²) in [7, 11) is 5.14. The predicted octanol–water partition coefficient (Wildman–Crippen LogP) is 2.13. The van der Waals surface area contributed by atoms with Crippen LogP contribution in [-0.2, 0) is 16.6 Å². The van der Waals surface area contributed by atoms with Gasteiger partial charge in [0.2, 0.25) is 5.91 Å². The van der Waals surface area contributed by atoms with Gasteiger partial charge < -0.3 is 25.3 Å². The fraction of sp³-hybridized carbons (Fsp3) is 0.462. The number of nitrogens with two attached hydrogens (primary N) is 1. The van der Waals surface area contributed by atoms with Crippen LogP contribution < -0.4 is 11.1 Å². The monoisotopic (exact) mass is 507 g/mol. The van der Waals surface area contributed by atoms with E-state index in [-0.39, 0.29) is 34.8 Å². The maximum Gasteiger partial charge on any atom is 0.255 e. The first-order valence-electron chi connectivity index (χ1n) is 12.3. The Bertz CT molecular complexity index is 1460. The Morgan fingerprint density at radius 1 is 1.30 bits per heavy atom. The number of aromatic nitrogens is 4. The van der Waals surface area contributed by atoms with Crippen LogP contribution in [0.4, 0.5) is 10.2 Å². The van der Waals surface area contributed by atoms with Crippen LogP contribution in [0.2, 0.25) is 0 Å². The van der Waals surface area contributed by atoms with Gasteiger partial charge in [0.15, 0.2) is 5.69 Å². The van der Waals surface area contributed by atoms with Crippen LogP contribution in [-0.4, -0.2) is 69.4 Å². The van der Waals surface area contributed by atoms with Gasteiger partial charge in [-0.3, -0.25) is 9.59 Å². The van der Waals surface area contributed by atoms with Gasteiger partial charge in [0.1, 0.15) is 23.0 Å². The number of amides is 2. The first kappa shape index (κ1) is 24.8. The lowest BCUT2D eigenvalue weighted by Crippen LogP contribution is -2.36. The zero-order valence-electron chi connectivity index (χ0n) is 21.3. The number of aryl methyl sites for hydroxylation is 1. The van der Waals surface area contributed by atoms with Crippen LogP contribution in [0.25, 0.3) is 11.0 Å².